The highest BCUT2D eigenvalue weighted by atomic mass is 35.5. The zero-order valence-electron chi connectivity index (χ0n) is 12.5. The summed E-state index contributed by atoms with van der Waals surface area (Å²) < 4.78 is 0. The van der Waals surface area contributed by atoms with E-state index in [9.17, 15) is 4.79 Å². The Labute approximate surface area is 135 Å². The molecule has 6 heteroatoms. The summed E-state index contributed by atoms with van der Waals surface area (Å²) in [6, 6.07) is 8.63. The largest absolute Gasteiger partial charge is 0.370 e. The molecule has 0 bridgehead atoms. The van der Waals surface area contributed by atoms with Gasteiger partial charge in [0.15, 0.2) is 0 Å². The number of benzene rings is 1. The van der Waals surface area contributed by atoms with Gasteiger partial charge in [-0.05, 0) is 24.6 Å². The van der Waals surface area contributed by atoms with E-state index in [1.807, 2.05) is 0 Å². The van der Waals surface area contributed by atoms with Gasteiger partial charge in [-0.2, -0.15) is 0 Å². The van der Waals surface area contributed by atoms with Gasteiger partial charge in [-0.3, -0.25) is 4.79 Å². The second-order valence-corrected chi connectivity index (χ2v) is 5.32. The second-order valence-electron chi connectivity index (χ2n) is 4.89. The Morgan fingerprint density at radius 2 is 2.09 bits per heavy atom. The van der Waals surface area contributed by atoms with Crippen LogP contribution >= 0.6 is 11.6 Å². The van der Waals surface area contributed by atoms with E-state index in [-0.39, 0.29) is 5.91 Å². The molecule has 0 saturated carbocycles. The van der Waals surface area contributed by atoms with Crippen LogP contribution in [0.3, 0.4) is 0 Å². The molecule has 22 heavy (non-hydrogen) atoms. The zero-order chi connectivity index (χ0) is 15.8. The van der Waals surface area contributed by atoms with Gasteiger partial charge in [0.05, 0.1) is 0 Å². The summed E-state index contributed by atoms with van der Waals surface area (Å²) in [7, 11) is 0. The fourth-order valence-electron chi connectivity index (χ4n) is 1.93. The lowest BCUT2D eigenvalue weighted by atomic mass is 10.2. The van der Waals surface area contributed by atoms with Gasteiger partial charge in [0, 0.05) is 23.3 Å². The Morgan fingerprint density at radius 1 is 1.23 bits per heavy atom. The number of anilines is 2. The number of unbranched alkanes of at least 4 members (excludes halogenated alkanes) is 2. The smallest absolute Gasteiger partial charge is 0.274 e. The van der Waals surface area contributed by atoms with Gasteiger partial charge < -0.3 is 10.6 Å². The molecule has 1 amide bonds. The molecule has 0 fully saturated rings. The number of carbonyl (C=O) groups is 1. The van der Waals surface area contributed by atoms with Crippen LogP contribution in [0.1, 0.15) is 36.7 Å². The van der Waals surface area contributed by atoms with Crippen LogP contribution in [-0.4, -0.2) is 22.4 Å². The van der Waals surface area contributed by atoms with Crippen LogP contribution in [0.15, 0.2) is 36.7 Å². The van der Waals surface area contributed by atoms with Crippen LogP contribution in [0, 0.1) is 0 Å². The lowest BCUT2D eigenvalue weighted by Gasteiger charge is -2.07. The molecular weight excluding hydrogens is 300 g/mol. The Hall–Kier alpha value is -2.14. The average molecular weight is 319 g/mol. The summed E-state index contributed by atoms with van der Waals surface area (Å²) in [5.74, 6) is 0.364. The van der Waals surface area contributed by atoms with E-state index < -0.39 is 0 Å². The monoisotopic (exact) mass is 318 g/mol. The topological polar surface area (TPSA) is 66.9 Å². The number of nitrogens with one attached hydrogen (secondary N) is 2. The van der Waals surface area contributed by atoms with Crippen molar-refractivity contribution in [2.24, 2.45) is 0 Å². The fourth-order valence-corrected chi connectivity index (χ4v) is 2.12. The van der Waals surface area contributed by atoms with E-state index in [0.717, 1.165) is 13.0 Å². The molecule has 0 unspecified atom stereocenters. The molecule has 0 spiro atoms. The molecule has 0 aliphatic carbocycles. The van der Waals surface area contributed by atoms with Gasteiger partial charge in [0.1, 0.15) is 17.8 Å². The van der Waals surface area contributed by atoms with Crippen molar-refractivity contribution in [1.29, 1.82) is 0 Å². The number of hydrogen-bond donors (Lipinski definition) is 2. The predicted octanol–water partition coefficient (Wildman–Crippen LogP) is 3.98. The van der Waals surface area contributed by atoms with Crippen molar-refractivity contribution in [1.82, 2.24) is 9.97 Å². The summed E-state index contributed by atoms with van der Waals surface area (Å²) >= 11 is 5.90. The van der Waals surface area contributed by atoms with Crippen LogP contribution in [0.4, 0.5) is 11.5 Å². The molecule has 0 aliphatic heterocycles. The zero-order valence-corrected chi connectivity index (χ0v) is 13.2. The van der Waals surface area contributed by atoms with E-state index >= 15 is 0 Å². The van der Waals surface area contributed by atoms with Crippen LogP contribution in [0.5, 0.6) is 0 Å². The van der Waals surface area contributed by atoms with Crippen LogP contribution in [0.2, 0.25) is 5.02 Å². The predicted molar refractivity (Wildman–Crippen MR) is 89.5 cm³/mol. The summed E-state index contributed by atoms with van der Waals surface area (Å²) in [5, 5.41) is 6.52. The van der Waals surface area contributed by atoms with Crippen molar-refractivity contribution in [3.8, 4) is 0 Å². The summed E-state index contributed by atoms with van der Waals surface area (Å²) in [6.45, 7) is 2.99. The number of aromatic nitrogens is 2. The van der Waals surface area contributed by atoms with Crippen molar-refractivity contribution in [2.45, 2.75) is 26.2 Å². The quantitative estimate of drug-likeness (QED) is 0.758. The molecular formula is C16H19ClN4O. The van der Waals surface area contributed by atoms with E-state index in [0.29, 0.717) is 22.2 Å². The summed E-state index contributed by atoms with van der Waals surface area (Å²) in [6.07, 6.45) is 4.79. The number of carbonyl (C=O) groups excluding carboxylic acids is 1. The third kappa shape index (κ3) is 5.00. The molecule has 116 valence electrons. The Bertz CT molecular complexity index is 633. The van der Waals surface area contributed by atoms with Crippen LogP contribution in [-0.2, 0) is 0 Å². The number of hydrogen-bond acceptors (Lipinski definition) is 4. The van der Waals surface area contributed by atoms with E-state index in [1.54, 1.807) is 30.3 Å². The maximum absolute atomic E-state index is 12.2. The summed E-state index contributed by atoms with van der Waals surface area (Å²) in [5.41, 5.74) is 0.946. The van der Waals surface area contributed by atoms with Gasteiger partial charge in [0.25, 0.3) is 5.91 Å². The molecule has 0 saturated heterocycles. The Morgan fingerprint density at radius 3 is 2.86 bits per heavy atom. The first kappa shape index (κ1) is 16.2. The highest BCUT2D eigenvalue weighted by Gasteiger charge is 2.09. The maximum Gasteiger partial charge on any atom is 0.274 e. The second kappa shape index (κ2) is 8.34. The molecule has 0 atom stereocenters. The number of rotatable bonds is 7. The molecule has 1 aromatic carbocycles. The summed E-state index contributed by atoms with van der Waals surface area (Å²) in [4.78, 5) is 20.3. The third-order valence-corrected chi connectivity index (χ3v) is 3.30. The Kier molecular flexibility index (Phi) is 6.15. The molecule has 1 aromatic heterocycles. The Balaban J connectivity index is 1.97. The lowest BCUT2D eigenvalue weighted by molar-refractivity contribution is 0.102. The number of nitrogens with zero attached hydrogens (tertiary/aromatic N) is 2. The van der Waals surface area contributed by atoms with Gasteiger partial charge in [-0.15, -0.1) is 0 Å². The van der Waals surface area contributed by atoms with Crippen LogP contribution in [0.25, 0.3) is 0 Å². The van der Waals surface area contributed by atoms with Crippen molar-refractivity contribution in [3.63, 3.8) is 0 Å². The minimum Gasteiger partial charge on any atom is -0.370 e. The van der Waals surface area contributed by atoms with E-state index in [4.69, 9.17) is 11.6 Å². The molecule has 1 heterocycles. The normalized spacial score (nSPS) is 10.3. The third-order valence-electron chi connectivity index (χ3n) is 3.07. The number of halogens is 1. The van der Waals surface area contributed by atoms with Crippen LogP contribution < -0.4 is 10.6 Å². The first-order valence-electron chi connectivity index (χ1n) is 7.32. The van der Waals surface area contributed by atoms with Crippen molar-refractivity contribution in [2.75, 3.05) is 17.2 Å². The lowest BCUT2D eigenvalue weighted by Crippen LogP contribution is -2.15. The highest BCUT2D eigenvalue weighted by molar-refractivity contribution is 6.30. The first-order chi connectivity index (χ1) is 10.7. The van der Waals surface area contributed by atoms with Gasteiger partial charge >= 0.3 is 0 Å². The minimum atomic E-state index is -0.290. The SMILES string of the molecule is CCCCCNc1cc(C(=O)Nc2cccc(Cl)c2)ncn1. The minimum absolute atomic E-state index is 0.290. The van der Waals surface area contributed by atoms with E-state index in [2.05, 4.69) is 27.5 Å². The molecule has 2 N–H and O–H groups in total. The number of amides is 1. The van der Waals surface area contributed by atoms with Gasteiger partial charge in [0.2, 0.25) is 0 Å². The average Bonchev–Trinajstić information content (AvgIpc) is 2.52. The van der Waals surface area contributed by atoms with Gasteiger partial charge in [-0.1, -0.05) is 37.4 Å². The van der Waals surface area contributed by atoms with E-state index in [1.165, 1.54) is 19.2 Å². The van der Waals surface area contributed by atoms with Gasteiger partial charge in [-0.25, -0.2) is 9.97 Å². The molecule has 5 nitrogen and oxygen atoms in total. The highest BCUT2D eigenvalue weighted by Crippen LogP contribution is 2.16. The van der Waals surface area contributed by atoms with Crippen molar-refractivity contribution < 1.29 is 4.79 Å². The molecule has 2 rings (SSSR count). The first-order valence-corrected chi connectivity index (χ1v) is 7.69. The fraction of sp³-hybridized carbons (Fsp3) is 0.312. The molecule has 0 aliphatic rings. The molecule has 0 radical (unpaired) electrons. The standard InChI is InChI=1S/C16H19ClN4O/c1-2-3-4-8-18-15-10-14(19-11-20-15)16(22)21-13-7-5-6-12(17)9-13/h5-7,9-11H,2-4,8H2,1H3,(H,21,22)(H,18,19,20). The maximum atomic E-state index is 12.2. The molecule has 2 aromatic rings. The van der Waals surface area contributed by atoms with Crippen molar-refractivity contribution >= 4 is 29.0 Å². The van der Waals surface area contributed by atoms with Crippen molar-refractivity contribution in [3.05, 3.63) is 47.4 Å².